The summed E-state index contributed by atoms with van der Waals surface area (Å²) in [5.74, 6) is 0.114. The van der Waals surface area contributed by atoms with Crippen LogP contribution in [0.2, 0.25) is 0 Å². The van der Waals surface area contributed by atoms with Gasteiger partial charge in [0.25, 0.3) is 5.91 Å². The van der Waals surface area contributed by atoms with Crippen molar-refractivity contribution in [2.75, 3.05) is 31.1 Å². The van der Waals surface area contributed by atoms with E-state index in [4.69, 9.17) is 0 Å². The molecule has 3 rings (SSSR count). The lowest BCUT2D eigenvalue weighted by Crippen LogP contribution is -2.35. The second-order valence-corrected chi connectivity index (χ2v) is 6.26. The van der Waals surface area contributed by atoms with Crippen LogP contribution in [0.3, 0.4) is 0 Å². The van der Waals surface area contributed by atoms with Crippen LogP contribution in [-0.4, -0.2) is 53.2 Å². The molecule has 1 amide bonds. The van der Waals surface area contributed by atoms with Crippen LogP contribution in [0.15, 0.2) is 6.20 Å². The highest BCUT2D eigenvalue weighted by Crippen LogP contribution is 2.27. The fourth-order valence-electron chi connectivity index (χ4n) is 2.68. The molecule has 2 fully saturated rings. The monoisotopic (exact) mass is 281 g/mol. The van der Waals surface area contributed by atoms with Gasteiger partial charge in [0.1, 0.15) is 4.88 Å². The van der Waals surface area contributed by atoms with Crippen molar-refractivity contribution in [1.82, 2.24) is 9.88 Å². The molecule has 0 bridgehead atoms. The summed E-state index contributed by atoms with van der Waals surface area (Å²) in [5, 5.41) is 10.4. The Morgan fingerprint density at radius 3 is 2.79 bits per heavy atom. The summed E-state index contributed by atoms with van der Waals surface area (Å²) in [5.41, 5.74) is 0. The van der Waals surface area contributed by atoms with Crippen molar-refractivity contribution in [2.45, 2.75) is 31.8 Å². The summed E-state index contributed by atoms with van der Waals surface area (Å²) in [4.78, 5) is 21.4. The van der Waals surface area contributed by atoms with Gasteiger partial charge in [-0.3, -0.25) is 4.79 Å². The predicted molar refractivity (Wildman–Crippen MR) is 74.7 cm³/mol. The molecule has 1 N–H and O–H groups in total. The number of piperidine rings is 1. The van der Waals surface area contributed by atoms with Crippen molar-refractivity contribution in [1.29, 1.82) is 0 Å². The number of carbonyl (C=O) groups is 1. The van der Waals surface area contributed by atoms with E-state index in [2.05, 4.69) is 9.88 Å². The molecule has 104 valence electrons. The second kappa shape index (κ2) is 5.46. The molecule has 6 heteroatoms. The van der Waals surface area contributed by atoms with Gasteiger partial charge < -0.3 is 14.9 Å². The van der Waals surface area contributed by atoms with Crippen molar-refractivity contribution in [3.8, 4) is 0 Å². The zero-order chi connectivity index (χ0) is 13.2. The molecule has 0 aromatic carbocycles. The van der Waals surface area contributed by atoms with Crippen LogP contribution in [-0.2, 0) is 0 Å². The quantitative estimate of drug-likeness (QED) is 0.889. The Morgan fingerprint density at radius 2 is 2.11 bits per heavy atom. The molecular weight excluding hydrogens is 262 g/mol. The lowest BCUT2D eigenvalue weighted by molar-refractivity contribution is 0.0729. The molecule has 0 saturated carbocycles. The van der Waals surface area contributed by atoms with Crippen molar-refractivity contribution < 1.29 is 9.90 Å². The maximum Gasteiger partial charge on any atom is 0.265 e. The number of thiazole rings is 1. The molecule has 0 unspecified atom stereocenters. The Morgan fingerprint density at radius 1 is 1.32 bits per heavy atom. The summed E-state index contributed by atoms with van der Waals surface area (Å²) in [6.45, 7) is 3.19. The smallest absolute Gasteiger partial charge is 0.265 e. The number of hydrogen-bond acceptors (Lipinski definition) is 5. The Balaban J connectivity index is 1.68. The Bertz CT molecular complexity index is 456. The Kier molecular flexibility index (Phi) is 3.70. The van der Waals surface area contributed by atoms with Gasteiger partial charge in [0.15, 0.2) is 5.13 Å². The van der Waals surface area contributed by atoms with Crippen LogP contribution in [0.5, 0.6) is 0 Å². The average molecular weight is 281 g/mol. The molecule has 0 spiro atoms. The minimum absolute atomic E-state index is 0.114. The number of hydrogen-bond donors (Lipinski definition) is 1. The molecule has 3 heterocycles. The van der Waals surface area contributed by atoms with Gasteiger partial charge in [-0.15, -0.1) is 0 Å². The third-order valence-corrected chi connectivity index (χ3v) is 4.83. The highest BCUT2D eigenvalue weighted by Gasteiger charge is 2.25. The van der Waals surface area contributed by atoms with Crippen LogP contribution >= 0.6 is 11.3 Å². The van der Waals surface area contributed by atoms with Crippen LogP contribution in [0.4, 0.5) is 5.13 Å². The maximum absolute atomic E-state index is 12.3. The first-order valence-electron chi connectivity index (χ1n) is 6.92. The minimum atomic E-state index is -0.259. The molecule has 5 nitrogen and oxygen atoms in total. The van der Waals surface area contributed by atoms with Gasteiger partial charge in [0.05, 0.1) is 12.3 Å². The van der Waals surface area contributed by atoms with Crippen LogP contribution in [0, 0.1) is 0 Å². The summed E-state index contributed by atoms with van der Waals surface area (Å²) < 4.78 is 0. The molecule has 19 heavy (non-hydrogen) atoms. The Labute approximate surface area is 116 Å². The third kappa shape index (κ3) is 2.74. The van der Waals surface area contributed by atoms with E-state index in [0.717, 1.165) is 48.9 Å². The number of anilines is 1. The molecule has 1 aromatic heterocycles. The number of nitrogens with zero attached hydrogens (tertiary/aromatic N) is 3. The first-order chi connectivity index (χ1) is 9.24. The molecular formula is C13H19N3O2S. The zero-order valence-corrected chi connectivity index (χ0v) is 11.7. The number of aliphatic hydroxyl groups excluding tert-OH is 1. The van der Waals surface area contributed by atoms with Gasteiger partial charge in [-0.1, -0.05) is 11.3 Å². The van der Waals surface area contributed by atoms with Gasteiger partial charge in [0.2, 0.25) is 0 Å². The number of amides is 1. The number of β-amino-alcohol motifs (C(OH)–C–C–N with tert-alkyl or cyclic N) is 1. The van der Waals surface area contributed by atoms with Gasteiger partial charge >= 0.3 is 0 Å². The number of likely N-dealkylation sites (tertiary alicyclic amines) is 1. The average Bonchev–Trinajstić information content (AvgIpc) is 3.07. The predicted octanol–water partition coefficient (Wildman–Crippen LogP) is 1.34. The standard InChI is InChI=1S/C13H19N3O2S/c17-10-4-7-16(9-10)13-14-8-11(19-13)12(18)15-5-2-1-3-6-15/h8,10,17H,1-7,9H2/t10-/m0/s1. The van der Waals surface area contributed by atoms with E-state index in [1.54, 1.807) is 6.20 Å². The maximum atomic E-state index is 12.3. The topological polar surface area (TPSA) is 56.7 Å². The van der Waals surface area contributed by atoms with Crippen molar-refractivity contribution in [3.05, 3.63) is 11.1 Å². The van der Waals surface area contributed by atoms with E-state index in [1.807, 2.05) is 4.90 Å². The van der Waals surface area contributed by atoms with Gasteiger partial charge in [0, 0.05) is 26.2 Å². The number of aliphatic hydroxyl groups is 1. The summed E-state index contributed by atoms with van der Waals surface area (Å²) in [6, 6.07) is 0. The molecule has 0 aliphatic carbocycles. The Hall–Kier alpha value is -1.14. The van der Waals surface area contributed by atoms with Gasteiger partial charge in [-0.2, -0.15) is 0 Å². The first kappa shape index (κ1) is 12.9. The second-order valence-electron chi connectivity index (χ2n) is 5.25. The van der Waals surface area contributed by atoms with Crippen LogP contribution in [0.1, 0.15) is 35.4 Å². The van der Waals surface area contributed by atoms with E-state index < -0.39 is 0 Å². The fourth-order valence-corrected chi connectivity index (χ4v) is 3.60. The van der Waals surface area contributed by atoms with Gasteiger partial charge in [-0.25, -0.2) is 4.98 Å². The van der Waals surface area contributed by atoms with E-state index in [-0.39, 0.29) is 12.0 Å². The highest BCUT2D eigenvalue weighted by atomic mass is 32.1. The number of aromatic nitrogens is 1. The van der Waals surface area contributed by atoms with Crippen molar-refractivity contribution >= 4 is 22.4 Å². The van der Waals surface area contributed by atoms with E-state index in [1.165, 1.54) is 17.8 Å². The normalized spacial score (nSPS) is 23.9. The zero-order valence-electron chi connectivity index (χ0n) is 10.9. The van der Waals surface area contributed by atoms with E-state index in [0.29, 0.717) is 6.54 Å². The molecule has 1 atom stereocenters. The summed E-state index contributed by atoms with van der Waals surface area (Å²) >= 11 is 1.45. The SMILES string of the molecule is O=C(c1cnc(N2CC[C@H](O)C2)s1)N1CCCCC1. The van der Waals surface area contributed by atoms with Crippen LogP contribution < -0.4 is 4.90 Å². The molecule has 2 saturated heterocycles. The number of rotatable bonds is 2. The van der Waals surface area contributed by atoms with Crippen LogP contribution in [0.25, 0.3) is 0 Å². The summed E-state index contributed by atoms with van der Waals surface area (Å²) in [7, 11) is 0. The molecule has 1 aromatic rings. The molecule has 2 aliphatic rings. The largest absolute Gasteiger partial charge is 0.391 e. The van der Waals surface area contributed by atoms with E-state index >= 15 is 0 Å². The lowest BCUT2D eigenvalue weighted by atomic mass is 10.1. The molecule has 2 aliphatic heterocycles. The van der Waals surface area contributed by atoms with Crippen molar-refractivity contribution in [3.63, 3.8) is 0 Å². The fraction of sp³-hybridized carbons (Fsp3) is 0.692. The minimum Gasteiger partial charge on any atom is -0.391 e. The lowest BCUT2D eigenvalue weighted by Gasteiger charge is -2.25. The van der Waals surface area contributed by atoms with Crippen molar-refractivity contribution in [2.24, 2.45) is 0 Å². The van der Waals surface area contributed by atoms with Gasteiger partial charge in [-0.05, 0) is 25.7 Å². The highest BCUT2D eigenvalue weighted by molar-refractivity contribution is 7.17. The summed E-state index contributed by atoms with van der Waals surface area (Å²) in [6.07, 6.45) is 5.65. The first-order valence-corrected chi connectivity index (χ1v) is 7.74. The number of carbonyl (C=O) groups excluding carboxylic acids is 1. The molecule has 0 radical (unpaired) electrons. The third-order valence-electron chi connectivity index (χ3n) is 3.78. The van der Waals surface area contributed by atoms with E-state index in [9.17, 15) is 9.90 Å².